The second-order valence-electron chi connectivity index (χ2n) is 5.63. The van der Waals surface area contributed by atoms with Crippen molar-refractivity contribution in [2.45, 2.75) is 43.8 Å². The Morgan fingerprint density at radius 3 is 2.53 bits per heavy atom. The standard InChI is InChI=1S/C13H20F3N3/c14-13(15,16)11(8-17)9-19-7-6-18-10-12(19)4-2-1-3-5-12/h11,18H,1-7,9-10H2. The fourth-order valence-electron chi connectivity index (χ4n) is 3.31. The van der Waals surface area contributed by atoms with Gasteiger partial charge in [0, 0.05) is 31.7 Å². The maximum absolute atomic E-state index is 12.8. The maximum Gasteiger partial charge on any atom is 0.405 e. The van der Waals surface area contributed by atoms with Crippen molar-refractivity contribution in [1.29, 1.82) is 5.26 Å². The van der Waals surface area contributed by atoms with E-state index in [-0.39, 0.29) is 12.1 Å². The molecule has 0 aromatic rings. The minimum absolute atomic E-state index is 0.156. The third-order valence-electron chi connectivity index (χ3n) is 4.42. The Balaban J connectivity index is 2.09. The molecule has 1 aliphatic heterocycles. The summed E-state index contributed by atoms with van der Waals surface area (Å²) < 4.78 is 38.3. The highest BCUT2D eigenvalue weighted by Crippen LogP contribution is 2.36. The number of nitrogens with zero attached hydrogens (tertiary/aromatic N) is 2. The zero-order chi connectivity index (χ0) is 13.9. The van der Waals surface area contributed by atoms with Gasteiger partial charge in [-0.1, -0.05) is 19.3 Å². The highest BCUT2D eigenvalue weighted by atomic mass is 19.4. The SMILES string of the molecule is N#CC(CN1CCNCC12CCCCC2)C(F)(F)F. The van der Waals surface area contributed by atoms with Gasteiger partial charge in [0.2, 0.25) is 0 Å². The number of alkyl halides is 3. The first-order chi connectivity index (χ1) is 8.98. The van der Waals surface area contributed by atoms with Gasteiger partial charge in [0.05, 0.1) is 6.07 Å². The van der Waals surface area contributed by atoms with Crippen LogP contribution < -0.4 is 5.32 Å². The van der Waals surface area contributed by atoms with Crippen molar-refractivity contribution in [3.05, 3.63) is 0 Å². The van der Waals surface area contributed by atoms with Gasteiger partial charge in [-0.2, -0.15) is 18.4 Å². The molecule has 2 rings (SSSR count). The summed E-state index contributed by atoms with van der Waals surface area (Å²) in [6.45, 7) is 1.89. The third-order valence-corrected chi connectivity index (χ3v) is 4.42. The van der Waals surface area contributed by atoms with Crippen molar-refractivity contribution in [2.24, 2.45) is 5.92 Å². The summed E-state index contributed by atoms with van der Waals surface area (Å²) in [4.78, 5) is 1.92. The summed E-state index contributed by atoms with van der Waals surface area (Å²) in [5.41, 5.74) is -0.156. The van der Waals surface area contributed by atoms with E-state index in [1.165, 1.54) is 6.07 Å². The van der Waals surface area contributed by atoms with E-state index < -0.39 is 12.1 Å². The van der Waals surface area contributed by atoms with Crippen molar-refractivity contribution in [3.63, 3.8) is 0 Å². The van der Waals surface area contributed by atoms with Gasteiger partial charge in [-0.05, 0) is 12.8 Å². The topological polar surface area (TPSA) is 39.1 Å². The second-order valence-corrected chi connectivity index (χ2v) is 5.63. The van der Waals surface area contributed by atoms with Gasteiger partial charge in [-0.3, -0.25) is 4.90 Å². The summed E-state index contributed by atoms with van der Waals surface area (Å²) in [5.74, 6) is -1.87. The Hall–Kier alpha value is -0.800. The highest BCUT2D eigenvalue weighted by Gasteiger charge is 2.46. The minimum Gasteiger partial charge on any atom is -0.314 e. The molecule has 3 nitrogen and oxygen atoms in total. The van der Waals surface area contributed by atoms with Crippen molar-refractivity contribution < 1.29 is 13.2 Å². The lowest BCUT2D eigenvalue weighted by Crippen LogP contribution is -2.63. The van der Waals surface area contributed by atoms with E-state index in [1.54, 1.807) is 0 Å². The summed E-state index contributed by atoms with van der Waals surface area (Å²) in [5, 5.41) is 12.1. The molecule has 2 aliphatic rings. The van der Waals surface area contributed by atoms with E-state index in [1.807, 2.05) is 4.90 Å². The summed E-state index contributed by atoms with van der Waals surface area (Å²) in [6, 6.07) is 1.42. The Morgan fingerprint density at radius 2 is 1.95 bits per heavy atom. The van der Waals surface area contributed by atoms with Crippen LogP contribution in [-0.2, 0) is 0 Å². The van der Waals surface area contributed by atoms with Crippen LogP contribution in [0.25, 0.3) is 0 Å². The Morgan fingerprint density at radius 1 is 1.26 bits per heavy atom. The lowest BCUT2D eigenvalue weighted by atomic mass is 9.78. The predicted molar refractivity (Wildman–Crippen MR) is 65.4 cm³/mol. The number of piperazine rings is 1. The molecule has 1 saturated heterocycles. The lowest BCUT2D eigenvalue weighted by molar-refractivity contribution is -0.168. The lowest BCUT2D eigenvalue weighted by Gasteiger charge is -2.50. The molecule has 0 aromatic carbocycles. The predicted octanol–water partition coefficient (Wildman–Crippen LogP) is 2.30. The molecule has 0 amide bonds. The first-order valence-electron chi connectivity index (χ1n) is 6.90. The van der Waals surface area contributed by atoms with Crippen LogP contribution in [0.1, 0.15) is 32.1 Å². The third kappa shape index (κ3) is 3.21. The number of halogens is 3. The number of hydrogen-bond donors (Lipinski definition) is 1. The first-order valence-corrected chi connectivity index (χ1v) is 6.90. The fourth-order valence-corrected chi connectivity index (χ4v) is 3.31. The molecule has 108 valence electrons. The summed E-state index contributed by atoms with van der Waals surface area (Å²) in [6.07, 6.45) is 0.765. The second kappa shape index (κ2) is 5.68. The van der Waals surface area contributed by atoms with Crippen LogP contribution in [0.3, 0.4) is 0 Å². The molecule has 1 aliphatic carbocycles. The molecule has 1 atom stereocenters. The molecule has 1 heterocycles. The quantitative estimate of drug-likeness (QED) is 0.840. The smallest absolute Gasteiger partial charge is 0.314 e. The van der Waals surface area contributed by atoms with E-state index >= 15 is 0 Å². The largest absolute Gasteiger partial charge is 0.405 e. The normalized spacial score (nSPS) is 26.0. The van der Waals surface area contributed by atoms with Crippen molar-refractivity contribution >= 4 is 0 Å². The molecule has 0 aromatic heterocycles. The average molecular weight is 275 g/mol. The van der Waals surface area contributed by atoms with Crippen LogP contribution in [-0.4, -0.2) is 42.8 Å². The van der Waals surface area contributed by atoms with Gasteiger partial charge in [-0.15, -0.1) is 0 Å². The van der Waals surface area contributed by atoms with Crippen LogP contribution in [0.5, 0.6) is 0 Å². The van der Waals surface area contributed by atoms with Gasteiger partial charge < -0.3 is 5.32 Å². The van der Waals surface area contributed by atoms with E-state index in [2.05, 4.69) is 5.32 Å². The highest BCUT2D eigenvalue weighted by molar-refractivity contribution is 5.01. The van der Waals surface area contributed by atoms with Crippen LogP contribution in [0.4, 0.5) is 13.2 Å². The van der Waals surface area contributed by atoms with Crippen molar-refractivity contribution in [3.8, 4) is 6.07 Å². The van der Waals surface area contributed by atoms with Gasteiger partial charge in [0.15, 0.2) is 5.92 Å². The Labute approximate surface area is 111 Å². The van der Waals surface area contributed by atoms with Gasteiger partial charge in [0.25, 0.3) is 0 Å². The van der Waals surface area contributed by atoms with Gasteiger partial charge in [-0.25, -0.2) is 0 Å². The van der Waals surface area contributed by atoms with Crippen LogP contribution >= 0.6 is 0 Å². The zero-order valence-electron chi connectivity index (χ0n) is 11.0. The zero-order valence-corrected chi connectivity index (χ0v) is 11.0. The van der Waals surface area contributed by atoms with Crippen LogP contribution in [0.15, 0.2) is 0 Å². The van der Waals surface area contributed by atoms with Crippen LogP contribution in [0.2, 0.25) is 0 Å². The molecule has 0 bridgehead atoms. The Bertz CT molecular complexity index is 334. The summed E-state index contributed by atoms with van der Waals surface area (Å²) in [7, 11) is 0. The molecule has 0 radical (unpaired) electrons. The Kier molecular flexibility index (Phi) is 4.36. The minimum atomic E-state index is -4.42. The van der Waals surface area contributed by atoms with E-state index in [9.17, 15) is 13.2 Å². The number of rotatable bonds is 2. The number of hydrogen-bond acceptors (Lipinski definition) is 3. The molecule has 2 fully saturated rings. The van der Waals surface area contributed by atoms with E-state index in [0.29, 0.717) is 13.1 Å². The number of nitrogens with one attached hydrogen (secondary N) is 1. The molecule has 1 unspecified atom stereocenters. The number of nitriles is 1. The molecule has 1 spiro atoms. The van der Waals surface area contributed by atoms with Crippen molar-refractivity contribution in [1.82, 2.24) is 10.2 Å². The first kappa shape index (κ1) is 14.6. The molecule has 1 N–H and O–H groups in total. The van der Waals surface area contributed by atoms with Gasteiger partial charge in [0.1, 0.15) is 0 Å². The van der Waals surface area contributed by atoms with Crippen molar-refractivity contribution in [2.75, 3.05) is 26.2 Å². The fraction of sp³-hybridized carbons (Fsp3) is 0.923. The monoisotopic (exact) mass is 275 g/mol. The van der Waals surface area contributed by atoms with Crippen LogP contribution in [0, 0.1) is 17.2 Å². The molecule has 19 heavy (non-hydrogen) atoms. The maximum atomic E-state index is 12.8. The molecule has 6 heteroatoms. The van der Waals surface area contributed by atoms with Gasteiger partial charge >= 0.3 is 6.18 Å². The average Bonchev–Trinajstić information content (AvgIpc) is 2.37. The molecular weight excluding hydrogens is 255 g/mol. The summed E-state index contributed by atoms with van der Waals surface area (Å²) >= 11 is 0. The van der Waals surface area contributed by atoms with E-state index in [0.717, 1.165) is 38.6 Å². The van der Waals surface area contributed by atoms with E-state index in [4.69, 9.17) is 5.26 Å². The molecular formula is C13H20F3N3. The molecule has 1 saturated carbocycles.